The Morgan fingerprint density at radius 3 is 3.00 bits per heavy atom. The fraction of sp³-hybridized carbons (Fsp3) is 0.364. The van der Waals surface area contributed by atoms with Crippen molar-refractivity contribution in [1.82, 2.24) is 5.32 Å². The van der Waals surface area contributed by atoms with Crippen molar-refractivity contribution in [2.45, 2.75) is 0 Å². The molecular weight excluding hydrogens is 228 g/mol. The number of nitrogens with one attached hydrogen (secondary N) is 1. The lowest BCUT2D eigenvalue weighted by Crippen LogP contribution is -2.48. The molecule has 0 spiro atoms. The van der Waals surface area contributed by atoms with Gasteiger partial charge in [-0.3, -0.25) is 4.79 Å². The highest BCUT2D eigenvalue weighted by Crippen LogP contribution is 2.31. The zero-order valence-electron chi connectivity index (χ0n) is 9.00. The maximum absolute atomic E-state index is 11.7. The third-order valence-corrected chi connectivity index (χ3v) is 2.76. The van der Waals surface area contributed by atoms with Crippen molar-refractivity contribution in [3.63, 3.8) is 0 Å². The lowest BCUT2D eigenvalue weighted by Gasteiger charge is -2.28. The lowest BCUT2D eigenvalue weighted by atomic mass is 10.2. The van der Waals surface area contributed by atoms with Crippen LogP contribution in [0.1, 0.15) is 0 Å². The molecule has 4 nitrogen and oxygen atoms in total. The number of hydrogen-bond donors (Lipinski definition) is 1. The van der Waals surface area contributed by atoms with Gasteiger partial charge in [0.15, 0.2) is 0 Å². The third-order valence-electron chi connectivity index (χ3n) is 2.52. The third kappa shape index (κ3) is 2.13. The minimum atomic E-state index is 0.0341. The van der Waals surface area contributed by atoms with Crippen molar-refractivity contribution >= 4 is 23.2 Å². The molecule has 5 heteroatoms. The number of anilines is 1. The van der Waals surface area contributed by atoms with Crippen LogP contribution in [0.4, 0.5) is 5.69 Å². The topological polar surface area (TPSA) is 41.6 Å². The Morgan fingerprint density at radius 1 is 1.50 bits per heavy atom. The van der Waals surface area contributed by atoms with Gasteiger partial charge in [0.05, 0.1) is 19.3 Å². The van der Waals surface area contributed by atoms with Gasteiger partial charge in [-0.2, -0.15) is 0 Å². The summed E-state index contributed by atoms with van der Waals surface area (Å²) in [6.45, 7) is 1.77. The molecule has 0 atom stereocenters. The Labute approximate surface area is 99.1 Å². The van der Waals surface area contributed by atoms with Crippen LogP contribution in [-0.2, 0) is 4.79 Å². The first-order valence-corrected chi connectivity index (χ1v) is 5.45. The van der Waals surface area contributed by atoms with E-state index in [1.165, 1.54) is 0 Å². The van der Waals surface area contributed by atoms with Crippen molar-refractivity contribution in [3.8, 4) is 5.75 Å². The zero-order chi connectivity index (χ0) is 11.5. The quantitative estimate of drug-likeness (QED) is 0.847. The van der Waals surface area contributed by atoms with Crippen LogP contribution in [0.3, 0.4) is 0 Å². The number of benzene rings is 1. The molecule has 1 amide bonds. The number of carbonyl (C=O) groups excluding carboxylic acids is 1. The predicted molar refractivity (Wildman–Crippen MR) is 63.2 cm³/mol. The molecule has 1 saturated heterocycles. The van der Waals surface area contributed by atoms with Gasteiger partial charge in [-0.05, 0) is 18.2 Å². The summed E-state index contributed by atoms with van der Waals surface area (Å²) in [5, 5.41) is 3.62. The van der Waals surface area contributed by atoms with E-state index in [1.54, 1.807) is 30.2 Å². The van der Waals surface area contributed by atoms with Gasteiger partial charge in [0.25, 0.3) is 0 Å². The number of methoxy groups -OCH3 is 1. The minimum absolute atomic E-state index is 0.0341. The second-order valence-corrected chi connectivity index (χ2v) is 3.97. The molecule has 1 fully saturated rings. The molecule has 1 N–H and O–H groups in total. The average Bonchev–Trinajstić information content (AvgIpc) is 2.29. The predicted octanol–water partition coefficient (Wildman–Crippen LogP) is 1.28. The number of amides is 1. The van der Waals surface area contributed by atoms with E-state index < -0.39 is 0 Å². The minimum Gasteiger partial charge on any atom is -0.495 e. The first kappa shape index (κ1) is 11.2. The van der Waals surface area contributed by atoms with E-state index in [2.05, 4.69) is 5.32 Å². The first-order chi connectivity index (χ1) is 7.72. The largest absolute Gasteiger partial charge is 0.495 e. The smallest absolute Gasteiger partial charge is 0.241 e. The monoisotopic (exact) mass is 240 g/mol. The van der Waals surface area contributed by atoms with Crippen molar-refractivity contribution in [2.75, 3.05) is 31.6 Å². The van der Waals surface area contributed by atoms with Crippen LogP contribution in [0, 0.1) is 0 Å². The number of piperazine rings is 1. The van der Waals surface area contributed by atoms with Gasteiger partial charge < -0.3 is 15.0 Å². The average molecular weight is 241 g/mol. The van der Waals surface area contributed by atoms with E-state index in [4.69, 9.17) is 16.3 Å². The Balaban J connectivity index is 2.36. The van der Waals surface area contributed by atoms with Gasteiger partial charge in [-0.25, -0.2) is 0 Å². The maximum atomic E-state index is 11.7. The zero-order valence-corrected chi connectivity index (χ0v) is 9.75. The molecule has 1 heterocycles. The van der Waals surface area contributed by atoms with Gasteiger partial charge in [0, 0.05) is 18.1 Å². The molecule has 0 saturated carbocycles. The second kappa shape index (κ2) is 4.72. The Hall–Kier alpha value is -1.26. The molecule has 1 aromatic carbocycles. The highest BCUT2D eigenvalue weighted by Gasteiger charge is 2.22. The van der Waals surface area contributed by atoms with Crippen LogP contribution in [0.2, 0.25) is 5.02 Å². The molecule has 16 heavy (non-hydrogen) atoms. The molecule has 0 bridgehead atoms. The maximum Gasteiger partial charge on any atom is 0.241 e. The summed E-state index contributed by atoms with van der Waals surface area (Å²) in [7, 11) is 1.58. The lowest BCUT2D eigenvalue weighted by molar-refractivity contribution is -0.118. The highest BCUT2D eigenvalue weighted by molar-refractivity contribution is 6.31. The van der Waals surface area contributed by atoms with E-state index in [9.17, 15) is 4.79 Å². The van der Waals surface area contributed by atoms with E-state index in [1.807, 2.05) is 0 Å². The summed E-state index contributed by atoms with van der Waals surface area (Å²) in [4.78, 5) is 13.4. The number of nitrogens with zero attached hydrogens (tertiary/aromatic N) is 1. The van der Waals surface area contributed by atoms with E-state index in [-0.39, 0.29) is 5.91 Å². The van der Waals surface area contributed by atoms with Gasteiger partial charge in [-0.15, -0.1) is 0 Å². The number of hydrogen-bond acceptors (Lipinski definition) is 3. The van der Waals surface area contributed by atoms with Crippen molar-refractivity contribution < 1.29 is 9.53 Å². The van der Waals surface area contributed by atoms with Crippen molar-refractivity contribution in [2.24, 2.45) is 0 Å². The Bertz CT molecular complexity index is 409. The van der Waals surface area contributed by atoms with Gasteiger partial charge in [-0.1, -0.05) is 11.6 Å². The summed E-state index contributed by atoms with van der Waals surface area (Å²) < 4.78 is 5.23. The standard InChI is InChI=1S/C11H13ClN2O2/c1-16-10-3-2-8(12)6-9(10)14-5-4-13-7-11(14)15/h2-3,6,13H,4-5,7H2,1H3. The molecule has 1 aliphatic rings. The summed E-state index contributed by atoms with van der Waals surface area (Å²) >= 11 is 5.93. The van der Waals surface area contributed by atoms with E-state index in [0.717, 1.165) is 12.2 Å². The number of halogens is 1. The first-order valence-electron chi connectivity index (χ1n) is 5.07. The molecule has 1 aliphatic heterocycles. The number of carbonyl (C=O) groups is 1. The molecule has 86 valence electrons. The Kier molecular flexibility index (Phi) is 3.31. The normalized spacial score (nSPS) is 16.4. The van der Waals surface area contributed by atoms with Crippen LogP contribution in [-0.4, -0.2) is 32.7 Å². The van der Waals surface area contributed by atoms with Gasteiger partial charge >= 0.3 is 0 Å². The highest BCUT2D eigenvalue weighted by atomic mass is 35.5. The van der Waals surface area contributed by atoms with Crippen molar-refractivity contribution in [1.29, 1.82) is 0 Å². The van der Waals surface area contributed by atoms with Crippen LogP contribution in [0.15, 0.2) is 18.2 Å². The number of rotatable bonds is 2. The van der Waals surface area contributed by atoms with Gasteiger partial charge in [0.1, 0.15) is 5.75 Å². The molecule has 1 aromatic rings. The van der Waals surface area contributed by atoms with Crippen molar-refractivity contribution in [3.05, 3.63) is 23.2 Å². The van der Waals surface area contributed by atoms with E-state index >= 15 is 0 Å². The summed E-state index contributed by atoms with van der Waals surface area (Å²) in [5.41, 5.74) is 0.738. The fourth-order valence-corrected chi connectivity index (χ4v) is 1.90. The molecule has 0 aliphatic carbocycles. The van der Waals surface area contributed by atoms with Gasteiger partial charge in [0.2, 0.25) is 5.91 Å². The van der Waals surface area contributed by atoms with Crippen LogP contribution >= 0.6 is 11.6 Å². The summed E-state index contributed by atoms with van der Waals surface area (Å²) in [5.74, 6) is 0.700. The van der Waals surface area contributed by atoms with E-state index in [0.29, 0.717) is 23.9 Å². The molecule has 0 unspecified atom stereocenters. The molecule has 0 radical (unpaired) electrons. The summed E-state index contributed by atoms with van der Waals surface area (Å²) in [6.07, 6.45) is 0. The molecule has 0 aromatic heterocycles. The molecule has 2 rings (SSSR count). The second-order valence-electron chi connectivity index (χ2n) is 3.54. The molecular formula is C11H13ClN2O2. The Morgan fingerprint density at radius 2 is 2.31 bits per heavy atom. The van der Waals surface area contributed by atoms with Crippen LogP contribution in [0.25, 0.3) is 0 Å². The van der Waals surface area contributed by atoms with Crippen LogP contribution < -0.4 is 15.0 Å². The SMILES string of the molecule is COc1ccc(Cl)cc1N1CCNCC1=O. The fourth-order valence-electron chi connectivity index (χ4n) is 1.74. The summed E-state index contributed by atoms with van der Waals surface area (Å²) in [6, 6.07) is 5.27. The number of ether oxygens (including phenoxy) is 1. The van der Waals surface area contributed by atoms with Crippen LogP contribution in [0.5, 0.6) is 5.75 Å².